The van der Waals surface area contributed by atoms with Gasteiger partial charge in [0.2, 0.25) is 0 Å². The van der Waals surface area contributed by atoms with E-state index in [0.717, 1.165) is 26.1 Å². The van der Waals surface area contributed by atoms with Crippen LogP contribution in [0.2, 0.25) is 0 Å². The predicted molar refractivity (Wildman–Crippen MR) is 88.1 cm³/mol. The SMILES string of the molecule is CCCCCCCCCCCCOC(CC)OCCC. The normalized spacial score (nSPS) is 12.8. The quantitative estimate of drug-likeness (QED) is 0.252. The van der Waals surface area contributed by atoms with Gasteiger partial charge in [0, 0.05) is 13.2 Å². The lowest BCUT2D eigenvalue weighted by molar-refractivity contribution is -0.144. The van der Waals surface area contributed by atoms with Crippen molar-refractivity contribution in [3.05, 3.63) is 0 Å². The lowest BCUT2D eigenvalue weighted by Crippen LogP contribution is -2.17. The molecule has 0 bridgehead atoms. The fourth-order valence-electron chi connectivity index (χ4n) is 2.34. The summed E-state index contributed by atoms with van der Waals surface area (Å²) >= 11 is 0. The van der Waals surface area contributed by atoms with Crippen molar-refractivity contribution in [2.24, 2.45) is 0 Å². The van der Waals surface area contributed by atoms with E-state index in [2.05, 4.69) is 20.8 Å². The molecule has 0 aliphatic rings. The minimum Gasteiger partial charge on any atom is -0.353 e. The second kappa shape index (κ2) is 17.0. The molecule has 0 fully saturated rings. The van der Waals surface area contributed by atoms with Crippen LogP contribution in [0.3, 0.4) is 0 Å². The van der Waals surface area contributed by atoms with E-state index in [4.69, 9.17) is 9.47 Å². The molecule has 2 heteroatoms. The molecule has 0 aromatic heterocycles. The van der Waals surface area contributed by atoms with Gasteiger partial charge in [0.1, 0.15) is 0 Å². The summed E-state index contributed by atoms with van der Waals surface area (Å²) in [6, 6.07) is 0. The van der Waals surface area contributed by atoms with Crippen LogP contribution in [-0.2, 0) is 9.47 Å². The summed E-state index contributed by atoms with van der Waals surface area (Å²) in [5, 5.41) is 0. The van der Waals surface area contributed by atoms with Gasteiger partial charge in [-0.05, 0) is 19.3 Å². The van der Waals surface area contributed by atoms with Gasteiger partial charge in [-0.1, -0.05) is 78.6 Å². The maximum absolute atomic E-state index is 5.74. The second-order valence-electron chi connectivity index (χ2n) is 5.76. The molecule has 0 aromatic rings. The molecule has 0 saturated heterocycles. The molecule has 0 N–H and O–H groups in total. The lowest BCUT2D eigenvalue weighted by atomic mass is 10.1. The smallest absolute Gasteiger partial charge is 0.157 e. The molecule has 0 aliphatic carbocycles. The average Bonchev–Trinajstić information content (AvgIpc) is 2.48. The second-order valence-corrected chi connectivity index (χ2v) is 5.76. The average molecular weight is 286 g/mol. The zero-order valence-electron chi connectivity index (χ0n) is 14.3. The van der Waals surface area contributed by atoms with Crippen LogP contribution in [0.4, 0.5) is 0 Å². The Hall–Kier alpha value is -0.0800. The highest BCUT2D eigenvalue weighted by Gasteiger charge is 2.04. The number of rotatable bonds is 16. The van der Waals surface area contributed by atoms with Crippen molar-refractivity contribution in [3.63, 3.8) is 0 Å². The summed E-state index contributed by atoms with van der Waals surface area (Å²) in [7, 11) is 0. The maximum atomic E-state index is 5.74. The van der Waals surface area contributed by atoms with E-state index in [9.17, 15) is 0 Å². The first-order valence-electron chi connectivity index (χ1n) is 9.08. The Morgan fingerprint density at radius 3 is 1.55 bits per heavy atom. The van der Waals surface area contributed by atoms with Gasteiger partial charge in [-0.2, -0.15) is 0 Å². The van der Waals surface area contributed by atoms with Crippen molar-refractivity contribution >= 4 is 0 Å². The molecular formula is C18H38O2. The Morgan fingerprint density at radius 2 is 1.05 bits per heavy atom. The van der Waals surface area contributed by atoms with Crippen LogP contribution in [0.1, 0.15) is 97.8 Å². The molecular weight excluding hydrogens is 248 g/mol. The first-order valence-corrected chi connectivity index (χ1v) is 9.08. The first kappa shape index (κ1) is 19.9. The molecule has 1 atom stereocenters. The van der Waals surface area contributed by atoms with Gasteiger partial charge in [0.25, 0.3) is 0 Å². The van der Waals surface area contributed by atoms with E-state index in [1.807, 2.05) is 0 Å². The Bertz CT molecular complexity index is 171. The standard InChI is InChI=1S/C18H38O2/c1-4-7-8-9-10-11-12-13-14-15-17-20-18(6-3)19-16-5-2/h18H,4-17H2,1-3H3. The molecule has 0 saturated carbocycles. The molecule has 0 amide bonds. The van der Waals surface area contributed by atoms with Crippen LogP contribution in [-0.4, -0.2) is 19.5 Å². The zero-order valence-corrected chi connectivity index (χ0v) is 14.3. The highest BCUT2D eigenvalue weighted by atomic mass is 16.7. The summed E-state index contributed by atoms with van der Waals surface area (Å²) in [6.45, 7) is 8.21. The first-order chi connectivity index (χ1) is 9.85. The molecule has 20 heavy (non-hydrogen) atoms. The molecule has 0 rings (SSSR count). The van der Waals surface area contributed by atoms with Crippen molar-refractivity contribution in [2.45, 2.75) is 104 Å². The van der Waals surface area contributed by atoms with Gasteiger partial charge >= 0.3 is 0 Å². The molecule has 0 heterocycles. The highest BCUT2D eigenvalue weighted by molar-refractivity contribution is 4.48. The molecule has 0 spiro atoms. The van der Waals surface area contributed by atoms with E-state index < -0.39 is 0 Å². The Kier molecular flexibility index (Phi) is 16.9. The Labute approximate surface area is 127 Å². The van der Waals surface area contributed by atoms with E-state index >= 15 is 0 Å². The van der Waals surface area contributed by atoms with Gasteiger partial charge in [-0.3, -0.25) is 0 Å². The van der Waals surface area contributed by atoms with Gasteiger partial charge in [-0.25, -0.2) is 0 Å². The molecule has 0 aromatic carbocycles. The van der Waals surface area contributed by atoms with Crippen molar-refractivity contribution in [2.75, 3.05) is 13.2 Å². The van der Waals surface area contributed by atoms with Crippen molar-refractivity contribution in [1.29, 1.82) is 0 Å². The van der Waals surface area contributed by atoms with E-state index in [1.165, 1.54) is 64.2 Å². The van der Waals surface area contributed by atoms with Gasteiger partial charge < -0.3 is 9.47 Å². The van der Waals surface area contributed by atoms with Gasteiger partial charge in [0.15, 0.2) is 6.29 Å². The fourth-order valence-corrected chi connectivity index (χ4v) is 2.34. The third-order valence-electron chi connectivity index (χ3n) is 3.64. The number of unbranched alkanes of at least 4 members (excludes halogenated alkanes) is 9. The minimum atomic E-state index is 0.0218. The predicted octanol–water partition coefficient (Wildman–Crippen LogP) is 6.09. The third kappa shape index (κ3) is 14.3. The van der Waals surface area contributed by atoms with E-state index in [0.29, 0.717) is 0 Å². The summed E-state index contributed by atoms with van der Waals surface area (Å²) in [5.41, 5.74) is 0. The zero-order chi connectivity index (χ0) is 14.9. The summed E-state index contributed by atoms with van der Waals surface area (Å²) in [6.07, 6.45) is 15.8. The monoisotopic (exact) mass is 286 g/mol. The Morgan fingerprint density at radius 1 is 0.550 bits per heavy atom. The number of hydrogen-bond acceptors (Lipinski definition) is 2. The van der Waals surface area contributed by atoms with E-state index in [-0.39, 0.29) is 6.29 Å². The highest BCUT2D eigenvalue weighted by Crippen LogP contribution is 2.11. The van der Waals surface area contributed by atoms with Crippen molar-refractivity contribution < 1.29 is 9.47 Å². The van der Waals surface area contributed by atoms with E-state index in [1.54, 1.807) is 0 Å². The third-order valence-corrected chi connectivity index (χ3v) is 3.64. The fraction of sp³-hybridized carbons (Fsp3) is 1.00. The molecule has 0 radical (unpaired) electrons. The van der Waals surface area contributed by atoms with Gasteiger partial charge in [0.05, 0.1) is 0 Å². The summed E-state index contributed by atoms with van der Waals surface area (Å²) < 4.78 is 11.4. The van der Waals surface area contributed by atoms with Crippen LogP contribution < -0.4 is 0 Å². The van der Waals surface area contributed by atoms with Crippen LogP contribution in [0.5, 0.6) is 0 Å². The molecule has 2 nitrogen and oxygen atoms in total. The van der Waals surface area contributed by atoms with Gasteiger partial charge in [-0.15, -0.1) is 0 Å². The maximum Gasteiger partial charge on any atom is 0.157 e. The number of ether oxygens (including phenoxy) is 2. The van der Waals surface area contributed by atoms with Crippen LogP contribution >= 0.6 is 0 Å². The minimum absolute atomic E-state index is 0.0218. The van der Waals surface area contributed by atoms with Crippen molar-refractivity contribution in [3.8, 4) is 0 Å². The number of hydrogen-bond donors (Lipinski definition) is 0. The summed E-state index contributed by atoms with van der Waals surface area (Å²) in [4.78, 5) is 0. The lowest BCUT2D eigenvalue weighted by Gasteiger charge is -2.16. The van der Waals surface area contributed by atoms with Crippen LogP contribution in [0.25, 0.3) is 0 Å². The topological polar surface area (TPSA) is 18.5 Å². The van der Waals surface area contributed by atoms with Crippen LogP contribution in [0.15, 0.2) is 0 Å². The molecule has 0 aliphatic heterocycles. The van der Waals surface area contributed by atoms with Crippen molar-refractivity contribution in [1.82, 2.24) is 0 Å². The van der Waals surface area contributed by atoms with Crippen LogP contribution in [0, 0.1) is 0 Å². The Balaban J connectivity index is 3.15. The molecule has 122 valence electrons. The largest absolute Gasteiger partial charge is 0.353 e. The summed E-state index contributed by atoms with van der Waals surface area (Å²) in [5.74, 6) is 0. The molecule has 1 unspecified atom stereocenters.